The molecule has 0 aromatic carbocycles. The minimum atomic E-state index is -1.25. The monoisotopic (exact) mass is 338 g/mol. The van der Waals surface area contributed by atoms with E-state index in [2.05, 4.69) is 4.98 Å². The first-order valence-corrected chi connectivity index (χ1v) is 8.19. The Hall–Kier alpha value is -1.89. The highest BCUT2D eigenvalue weighted by Gasteiger charge is 2.49. The third kappa shape index (κ3) is 3.61. The third-order valence-corrected chi connectivity index (χ3v) is 4.42. The van der Waals surface area contributed by atoms with Crippen molar-refractivity contribution in [3.63, 3.8) is 0 Å². The molecule has 1 fully saturated rings. The van der Waals surface area contributed by atoms with Crippen molar-refractivity contribution in [2.45, 2.75) is 57.4 Å². The summed E-state index contributed by atoms with van der Waals surface area (Å²) < 4.78 is 10.8. The van der Waals surface area contributed by atoms with E-state index in [0.717, 1.165) is 5.76 Å². The lowest BCUT2D eigenvalue weighted by atomic mass is 9.94. The molecule has 0 radical (unpaired) electrons. The average molecular weight is 338 g/mol. The number of amides is 1. The fraction of sp³-hybridized carbons (Fsp3) is 0.706. The Kier molecular flexibility index (Phi) is 5.32. The number of hydrogen-bond donors (Lipinski definition) is 1. The summed E-state index contributed by atoms with van der Waals surface area (Å²) in [6, 6.07) is 0. The molecule has 0 saturated carbocycles. The van der Waals surface area contributed by atoms with E-state index in [4.69, 9.17) is 9.15 Å². The number of carboxylic acid groups (broad SMARTS) is 1. The van der Waals surface area contributed by atoms with E-state index in [1.54, 1.807) is 6.20 Å². The Morgan fingerprint density at radius 3 is 2.71 bits per heavy atom. The second-order valence-corrected chi connectivity index (χ2v) is 7.29. The van der Waals surface area contributed by atoms with Gasteiger partial charge in [0.25, 0.3) is 0 Å². The lowest BCUT2D eigenvalue weighted by molar-refractivity contribution is -0.160. The maximum atomic E-state index is 12.6. The molecule has 134 valence electrons. The molecule has 7 heteroatoms. The van der Waals surface area contributed by atoms with E-state index in [1.165, 1.54) is 12.0 Å². The first kappa shape index (κ1) is 18.4. The normalized spacial score (nSPS) is 21.2. The molecule has 1 N–H and O–H groups in total. The number of hydrogen-bond acceptors (Lipinski definition) is 5. The predicted molar refractivity (Wildman–Crippen MR) is 86.7 cm³/mol. The van der Waals surface area contributed by atoms with Crippen LogP contribution in [0.1, 0.15) is 51.7 Å². The van der Waals surface area contributed by atoms with Crippen molar-refractivity contribution < 1.29 is 23.8 Å². The lowest BCUT2D eigenvalue weighted by Gasteiger charge is -2.34. The van der Waals surface area contributed by atoms with Gasteiger partial charge in [-0.1, -0.05) is 20.8 Å². The fourth-order valence-electron chi connectivity index (χ4n) is 3.04. The molecule has 1 saturated heterocycles. The summed E-state index contributed by atoms with van der Waals surface area (Å²) in [5.41, 5.74) is -1.39. The maximum absolute atomic E-state index is 12.6. The van der Waals surface area contributed by atoms with Gasteiger partial charge in [0, 0.05) is 31.9 Å². The van der Waals surface area contributed by atoms with Crippen LogP contribution in [0.15, 0.2) is 10.6 Å². The molecule has 1 amide bonds. The van der Waals surface area contributed by atoms with Crippen molar-refractivity contribution in [1.29, 1.82) is 0 Å². The predicted octanol–water partition coefficient (Wildman–Crippen LogP) is 2.00. The number of rotatable bonds is 6. The fourth-order valence-corrected chi connectivity index (χ4v) is 3.04. The Bertz CT molecular complexity index is 604. The van der Waals surface area contributed by atoms with Gasteiger partial charge in [-0.3, -0.25) is 4.79 Å². The maximum Gasteiger partial charge on any atom is 0.332 e. The summed E-state index contributed by atoms with van der Waals surface area (Å²) in [6.45, 7) is 6.52. The molecule has 0 aliphatic carbocycles. The smallest absolute Gasteiger partial charge is 0.332 e. The molecule has 1 atom stereocenters. The minimum absolute atomic E-state index is 0.00124. The summed E-state index contributed by atoms with van der Waals surface area (Å²) in [7, 11) is 1.45. The molecular weight excluding hydrogens is 312 g/mol. The largest absolute Gasteiger partial charge is 0.479 e. The van der Waals surface area contributed by atoms with Crippen molar-refractivity contribution >= 4 is 11.9 Å². The second kappa shape index (κ2) is 6.93. The highest BCUT2D eigenvalue weighted by atomic mass is 16.5. The van der Waals surface area contributed by atoms with Crippen molar-refractivity contribution in [2.24, 2.45) is 0 Å². The van der Waals surface area contributed by atoms with Gasteiger partial charge in [0.05, 0.1) is 12.8 Å². The molecule has 1 aromatic rings. The van der Waals surface area contributed by atoms with Crippen molar-refractivity contribution in [3.05, 3.63) is 17.8 Å². The highest BCUT2D eigenvalue weighted by Crippen LogP contribution is 2.31. The zero-order valence-electron chi connectivity index (χ0n) is 14.8. The lowest BCUT2D eigenvalue weighted by Crippen LogP contribution is -2.56. The Labute approximate surface area is 142 Å². The van der Waals surface area contributed by atoms with Crippen LogP contribution < -0.4 is 0 Å². The van der Waals surface area contributed by atoms with Gasteiger partial charge in [0.15, 0.2) is 11.4 Å². The minimum Gasteiger partial charge on any atom is -0.479 e. The van der Waals surface area contributed by atoms with Gasteiger partial charge in [0.1, 0.15) is 5.76 Å². The molecule has 24 heavy (non-hydrogen) atoms. The van der Waals surface area contributed by atoms with Gasteiger partial charge >= 0.3 is 5.97 Å². The third-order valence-electron chi connectivity index (χ3n) is 4.42. The number of carboxylic acids is 1. The number of aliphatic carboxylic acids is 1. The zero-order valence-corrected chi connectivity index (χ0v) is 14.8. The van der Waals surface area contributed by atoms with Crippen LogP contribution in [0.4, 0.5) is 0 Å². The van der Waals surface area contributed by atoms with E-state index in [9.17, 15) is 14.7 Å². The highest BCUT2D eigenvalue weighted by molar-refractivity contribution is 5.88. The Morgan fingerprint density at radius 1 is 1.46 bits per heavy atom. The quantitative estimate of drug-likeness (QED) is 0.853. The van der Waals surface area contributed by atoms with E-state index in [0.29, 0.717) is 31.7 Å². The average Bonchev–Trinajstić information content (AvgIpc) is 3.12. The van der Waals surface area contributed by atoms with Gasteiger partial charge in [-0.2, -0.15) is 0 Å². The molecule has 7 nitrogen and oxygen atoms in total. The molecule has 0 bridgehead atoms. The van der Waals surface area contributed by atoms with Crippen LogP contribution in [-0.4, -0.2) is 52.7 Å². The molecule has 1 aliphatic heterocycles. The summed E-state index contributed by atoms with van der Waals surface area (Å²) in [5.74, 6) is 0.0503. The standard InChI is InChI=1S/C17H26N2O5/c1-16(2,3)12-10-18-13(24-12)6-7-14(20)19-9-5-8-17(19,11-23-4)15(21)22/h10H,5-9,11H2,1-4H3,(H,21,22). The number of methoxy groups -OCH3 is 1. The van der Waals surface area contributed by atoms with Crippen molar-refractivity contribution in [2.75, 3.05) is 20.3 Å². The number of aromatic nitrogens is 1. The molecule has 1 aliphatic rings. The van der Waals surface area contributed by atoms with Gasteiger partial charge in [0.2, 0.25) is 5.91 Å². The topological polar surface area (TPSA) is 92.9 Å². The van der Waals surface area contributed by atoms with E-state index < -0.39 is 11.5 Å². The number of carbonyl (C=O) groups excluding carboxylic acids is 1. The molecule has 1 unspecified atom stereocenters. The summed E-state index contributed by atoms with van der Waals surface area (Å²) in [5, 5.41) is 9.59. The van der Waals surface area contributed by atoms with Crippen LogP contribution in [0.2, 0.25) is 0 Å². The number of carbonyl (C=O) groups is 2. The number of ether oxygens (including phenoxy) is 1. The molecule has 0 spiro atoms. The first-order valence-electron chi connectivity index (χ1n) is 8.19. The Morgan fingerprint density at radius 2 is 2.17 bits per heavy atom. The van der Waals surface area contributed by atoms with Crippen LogP contribution >= 0.6 is 0 Å². The van der Waals surface area contributed by atoms with Crippen LogP contribution in [0.3, 0.4) is 0 Å². The number of nitrogens with zero attached hydrogens (tertiary/aromatic N) is 2. The number of oxazole rings is 1. The molecular formula is C17H26N2O5. The van der Waals surface area contributed by atoms with Crippen molar-refractivity contribution in [3.8, 4) is 0 Å². The van der Waals surface area contributed by atoms with Gasteiger partial charge in [-0.25, -0.2) is 9.78 Å². The second-order valence-electron chi connectivity index (χ2n) is 7.29. The van der Waals surface area contributed by atoms with E-state index in [-0.39, 0.29) is 24.3 Å². The number of likely N-dealkylation sites (tertiary alicyclic amines) is 1. The van der Waals surface area contributed by atoms with Crippen LogP contribution in [0.5, 0.6) is 0 Å². The molecule has 1 aromatic heterocycles. The van der Waals surface area contributed by atoms with Crippen molar-refractivity contribution in [1.82, 2.24) is 9.88 Å². The summed E-state index contributed by atoms with van der Waals surface area (Å²) >= 11 is 0. The Balaban J connectivity index is 2.04. The van der Waals surface area contributed by atoms with Crippen LogP contribution in [0, 0.1) is 0 Å². The summed E-state index contributed by atoms with van der Waals surface area (Å²) in [4.78, 5) is 29.9. The molecule has 2 rings (SSSR count). The van der Waals surface area contributed by atoms with E-state index in [1.807, 2.05) is 20.8 Å². The molecule has 2 heterocycles. The van der Waals surface area contributed by atoms with Crippen LogP contribution in [-0.2, 0) is 26.2 Å². The summed E-state index contributed by atoms with van der Waals surface area (Å²) in [6.07, 6.45) is 3.28. The zero-order chi connectivity index (χ0) is 18.0. The first-order chi connectivity index (χ1) is 11.2. The van der Waals surface area contributed by atoms with Crippen LogP contribution in [0.25, 0.3) is 0 Å². The van der Waals surface area contributed by atoms with Gasteiger partial charge < -0.3 is 19.2 Å². The number of aryl methyl sites for hydroxylation is 1. The van der Waals surface area contributed by atoms with Gasteiger partial charge in [-0.05, 0) is 12.8 Å². The van der Waals surface area contributed by atoms with E-state index >= 15 is 0 Å². The SMILES string of the molecule is COCC1(C(=O)O)CCCN1C(=O)CCc1ncc(C(C)(C)C)o1. The van der Waals surface area contributed by atoms with Gasteiger partial charge in [-0.15, -0.1) is 0 Å².